The van der Waals surface area contributed by atoms with E-state index in [0.29, 0.717) is 27.8 Å². The van der Waals surface area contributed by atoms with Crippen LogP contribution in [0.2, 0.25) is 0 Å². The molecule has 1 fully saturated rings. The molecule has 0 bridgehead atoms. The molecule has 0 saturated carbocycles. The lowest BCUT2D eigenvalue weighted by Gasteiger charge is -2.46. The number of likely N-dealkylation sites (N-methyl/N-ethyl adjacent to an activating group) is 1. The molecule has 0 radical (unpaired) electrons. The highest BCUT2D eigenvalue weighted by Gasteiger charge is 2.60. The maximum Gasteiger partial charge on any atom is 0.354 e. The first-order chi connectivity index (χ1) is 16.8. The van der Waals surface area contributed by atoms with E-state index in [0.717, 1.165) is 0 Å². The number of ether oxygens (including phenoxy) is 1. The van der Waals surface area contributed by atoms with Crippen LogP contribution in [0.15, 0.2) is 60.0 Å². The lowest BCUT2D eigenvalue weighted by atomic mass is 9.97. The Morgan fingerprint density at radius 1 is 1.11 bits per heavy atom. The largest absolute Gasteiger partial charge is 0.456 e. The number of benzene rings is 2. The molecule has 3 heterocycles. The zero-order valence-corrected chi connectivity index (χ0v) is 19.9. The SMILES string of the molecule is CC(=O)N(c1ccccc1)c1nc(COC(=O)[C@]23CCC(=O)N2c2ccccc2C(=O)N3C)cs1. The van der Waals surface area contributed by atoms with E-state index in [1.165, 1.54) is 40.0 Å². The second-order valence-corrected chi connectivity index (χ2v) is 9.15. The maximum absolute atomic E-state index is 13.5. The number of fused-ring (bicyclic) bond motifs is 3. The van der Waals surface area contributed by atoms with Gasteiger partial charge in [-0.15, -0.1) is 11.3 Å². The van der Waals surface area contributed by atoms with Crippen LogP contribution in [0.5, 0.6) is 0 Å². The van der Waals surface area contributed by atoms with E-state index in [2.05, 4.69) is 4.98 Å². The number of carbonyl (C=O) groups is 4. The number of para-hydroxylation sites is 2. The third kappa shape index (κ3) is 3.57. The summed E-state index contributed by atoms with van der Waals surface area (Å²) in [6.07, 6.45) is 0.252. The molecule has 0 N–H and O–H groups in total. The molecule has 178 valence electrons. The van der Waals surface area contributed by atoms with Gasteiger partial charge in [-0.25, -0.2) is 9.78 Å². The number of rotatable bonds is 5. The van der Waals surface area contributed by atoms with E-state index in [1.54, 1.807) is 41.8 Å². The Morgan fingerprint density at radius 2 is 1.83 bits per heavy atom. The van der Waals surface area contributed by atoms with Crippen molar-refractivity contribution in [1.82, 2.24) is 9.88 Å². The average Bonchev–Trinajstić information content (AvgIpc) is 3.47. The molecule has 5 rings (SSSR count). The number of aromatic nitrogens is 1. The van der Waals surface area contributed by atoms with Crippen LogP contribution < -0.4 is 9.80 Å². The Morgan fingerprint density at radius 3 is 2.57 bits per heavy atom. The first-order valence-corrected chi connectivity index (χ1v) is 11.9. The molecule has 3 aromatic rings. The van der Waals surface area contributed by atoms with Crippen molar-refractivity contribution in [2.45, 2.75) is 32.0 Å². The predicted octanol–water partition coefficient (Wildman–Crippen LogP) is 3.48. The number of nitrogens with zero attached hydrogens (tertiary/aromatic N) is 4. The molecule has 2 aliphatic rings. The zero-order chi connectivity index (χ0) is 24.7. The van der Waals surface area contributed by atoms with E-state index >= 15 is 0 Å². The van der Waals surface area contributed by atoms with Gasteiger partial charge in [-0.2, -0.15) is 0 Å². The quantitative estimate of drug-likeness (QED) is 0.508. The zero-order valence-electron chi connectivity index (χ0n) is 19.1. The van der Waals surface area contributed by atoms with Gasteiger partial charge in [-0.1, -0.05) is 30.3 Å². The molecule has 1 aromatic heterocycles. The van der Waals surface area contributed by atoms with Gasteiger partial charge in [-0.05, 0) is 24.3 Å². The summed E-state index contributed by atoms with van der Waals surface area (Å²) in [6.45, 7) is 1.29. The monoisotopic (exact) mass is 490 g/mol. The molecule has 9 nitrogen and oxygen atoms in total. The van der Waals surface area contributed by atoms with Crippen LogP contribution in [0.4, 0.5) is 16.5 Å². The minimum absolute atomic E-state index is 0.118. The van der Waals surface area contributed by atoms with Crippen molar-refractivity contribution in [2.24, 2.45) is 0 Å². The fraction of sp³-hybridized carbons (Fsp3) is 0.240. The fourth-order valence-electron chi connectivity index (χ4n) is 4.62. The first-order valence-electron chi connectivity index (χ1n) is 11.0. The van der Waals surface area contributed by atoms with Gasteiger partial charge < -0.3 is 9.64 Å². The highest BCUT2D eigenvalue weighted by molar-refractivity contribution is 7.14. The Hall–Kier alpha value is -4.05. The van der Waals surface area contributed by atoms with Crippen LogP contribution in [-0.2, 0) is 25.7 Å². The third-order valence-electron chi connectivity index (χ3n) is 6.28. The molecule has 10 heteroatoms. The van der Waals surface area contributed by atoms with E-state index in [9.17, 15) is 19.2 Å². The van der Waals surface area contributed by atoms with Crippen LogP contribution in [0.25, 0.3) is 0 Å². The van der Waals surface area contributed by atoms with Gasteiger partial charge in [-0.3, -0.25) is 24.2 Å². The highest BCUT2D eigenvalue weighted by Crippen LogP contribution is 2.44. The second kappa shape index (κ2) is 8.62. The standard InChI is InChI=1S/C25H22N4O5S/c1-16(30)28(18-8-4-3-5-9-18)24-26-17(15-35-24)14-34-23(33)25-13-12-21(31)29(25)20-11-7-6-10-19(20)22(32)27(25)2/h3-11,15H,12-14H2,1-2H3/t25-/m0/s1. The summed E-state index contributed by atoms with van der Waals surface area (Å²) in [7, 11) is 1.51. The lowest BCUT2D eigenvalue weighted by Crippen LogP contribution is -2.67. The van der Waals surface area contributed by atoms with Gasteiger partial charge in [0.15, 0.2) is 5.13 Å². The Kier molecular flexibility index (Phi) is 5.60. The molecular formula is C25H22N4O5S. The third-order valence-corrected chi connectivity index (χ3v) is 7.15. The van der Waals surface area contributed by atoms with Gasteiger partial charge in [0.05, 0.1) is 22.6 Å². The molecule has 1 atom stereocenters. The van der Waals surface area contributed by atoms with E-state index in [-0.39, 0.29) is 37.2 Å². The number of thiazole rings is 1. The summed E-state index contributed by atoms with van der Waals surface area (Å²) in [5.74, 6) is -1.49. The smallest absolute Gasteiger partial charge is 0.354 e. The minimum atomic E-state index is -1.54. The first kappa shape index (κ1) is 22.7. The average molecular weight is 491 g/mol. The Bertz CT molecular complexity index is 1340. The van der Waals surface area contributed by atoms with Gasteiger partial charge in [0.1, 0.15) is 6.61 Å². The Labute approximate surface area is 205 Å². The van der Waals surface area contributed by atoms with Gasteiger partial charge in [0, 0.05) is 32.2 Å². The van der Waals surface area contributed by atoms with Crippen molar-refractivity contribution in [3.05, 3.63) is 71.2 Å². The molecule has 35 heavy (non-hydrogen) atoms. The topological polar surface area (TPSA) is 100 Å². The molecular weight excluding hydrogens is 468 g/mol. The molecule has 2 aromatic carbocycles. The highest BCUT2D eigenvalue weighted by atomic mass is 32.1. The van der Waals surface area contributed by atoms with E-state index in [4.69, 9.17) is 4.74 Å². The van der Waals surface area contributed by atoms with Crippen molar-refractivity contribution in [3.8, 4) is 0 Å². The predicted molar refractivity (Wildman–Crippen MR) is 129 cm³/mol. The fourth-order valence-corrected chi connectivity index (χ4v) is 5.49. The van der Waals surface area contributed by atoms with E-state index < -0.39 is 11.6 Å². The number of hydrogen-bond acceptors (Lipinski definition) is 7. The second-order valence-electron chi connectivity index (χ2n) is 8.31. The molecule has 0 unspecified atom stereocenters. The number of hydrogen-bond donors (Lipinski definition) is 0. The maximum atomic E-state index is 13.5. The van der Waals surface area contributed by atoms with Crippen LogP contribution in [-0.4, -0.2) is 46.3 Å². The van der Waals surface area contributed by atoms with Crippen molar-refractivity contribution in [3.63, 3.8) is 0 Å². The summed E-state index contributed by atoms with van der Waals surface area (Å²) in [5, 5.41) is 2.16. The number of carbonyl (C=O) groups excluding carboxylic acids is 4. The minimum Gasteiger partial charge on any atom is -0.456 e. The molecule has 2 aliphatic heterocycles. The molecule has 0 spiro atoms. The molecule has 3 amide bonds. The Balaban J connectivity index is 1.39. The van der Waals surface area contributed by atoms with Crippen LogP contribution >= 0.6 is 11.3 Å². The number of esters is 1. The molecule has 1 saturated heterocycles. The van der Waals surface area contributed by atoms with Gasteiger partial charge in [0.25, 0.3) is 5.91 Å². The normalized spacial score (nSPS) is 18.8. The summed E-state index contributed by atoms with van der Waals surface area (Å²) < 4.78 is 5.63. The summed E-state index contributed by atoms with van der Waals surface area (Å²) in [4.78, 5) is 60.2. The summed E-state index contributed by atoms with van der Waals surface area (Å²) in [5.41, 5.74) is 0.363. The van der Waals surface area contributed by atoms with Crippen LogP contribution in [0.1, 0.15) is 35.8 Å². The van der Waals surface area contributed by atoms with E-state index in [1.807, 2.05) is 18.2 Å². The van der Waals surface area contributed by atoms with Crippen molar-refractivity contribution in [1.29, 1.82) is 0 Å². The number of anilines is 3. The summed E-state index contributed by atoms with van der Waals surface area (Å²) >= 11 is 1.25. The molecule has 0 aliphatic carbocycles. The lowest BCUT2D eigenvalue weighted by molar-refractivity contribution is -0.158. The van der Waals surface area contributed by atoms with Gasteiger partial charge >= 0.3 is 5.97 Å². The number of amides is 3. The van der Waals surface area contributed by atoms with Crippen LogP contribution in [0, 0.1) is 0 Å². The van der Waals surface area contributed by atoms with Crippen molar-refractivity contribution < 1.29 is 23.9 Å². The van der Waals surface area contributed by atoms with Crippen molar-refractivity contribution >= 4 is 51.5 Å². The summed E-state index contributed by atoms with van der Waals surface area (Å²) in [6, 6.07) is 15.9. The van der Waals surface area contributed by atoms with Crippen LogP contribution in [0.3, 0.4) is 0 Å². The van der Waals surface area contributed by atoms with Crippen molar-refractivity contribution in [2.75, 3.05) is 16.8 Å². The van der Waals surface area contributed by atoms with Gasteiger partial charge in [0.2, 0.25) is 17.5 Å².